The van der Waals surface area contributed by atoms with Crippen LogP contribution < -0.4 is 5.32 Å². The zero-order valence-corrected chi connectivity index (χ0v) is 16.9. The largest absolute Gasteiger partial charge is 0.349 e. The van der Waals surface area contributed by atoms with Crippen LogP contribution in [0.25, 0.3) is 0 Å². The number of benzene rings is 1. The van der Waals surface area contributed by atoms with Crippen LogP contribution >= 0.6 is 0 Å². The summed E-state index contributed by atoms with van der Waals surface area (Å²) in [6.45, 7) is 14.6. The van der Waals surface area contributed by atoms with Gasteiger partial charge in [0.15, 0.2) is 0 Å². The molecule has 1 aromatic rings. The summed E-state index contributed by atoms with van der Waals surface area (Å²) in [7, 11) is 0. The molecular weight excluding hydrogens is 318 g/mol. The van der Waals surface area contributed by atoms with Gasteiger partial charge in [0, 0.05) is 5.92 Å². The highest BCUT2D eigenvalue weighted by Crippen LogP contribution is 2.33. The molecule has 0 spiro atoms. The van der Waals surface area contributed by atoms with Crippen LogP contribution in [-0.2, 0) is 4.79 Å². The second-order valence-electron chi connectivity index (χ2n) is 7.85. The Hall–Kier alpha value is -2.09. The lowest BCUT2D eigenvalue weighted by Crippen LogP contribution is -2.34. The van der Waals surface area contributed by atoms with Gasteiger partial charge in [-0.2, -0.15) is 0 Å². The molecule has 0 unspecified atom stereocenters. The summed E-state index contributed by atoms with van der Waals surface area (Å²) in [5, 5.41) is 3.16. The van der Waals surface area contributed by atoms with Crippen LogP contribution in [0.2, 0.25) is 0 Å². The number of hydrogen-bond donors (Lipinski definition) is 1. The minimum Gasteiger partial charge on any atom is -0.349 e. The molecule has 0 aliphatic heterocycles. The SMILES string of the molecule is C=C(C)[C@@H]1CC=C(C)/C(=C\[C@@H](C)[C@@H](C)C(=O)N[C@@H](C)c2ccccc2)C1. The molecular formula is C24H33NO. The van der Waals surface area contributed by atoms with E-state index in [1.807, 2.05) is 32.0 Å². The molecule has 0 saturated carbocycles. The van der Waals surface area contributed by atoms with Crippen LogP contribution in [-0.4, -0.2) is 5.91 Å². The fourth-order valence-corrected chi connectivity index (χ4v) is 3.41. The minimum atomic E-state index is -0.0633. The topological polar surface area (TPSA) is 29.1 Å². The van der Waals surface area contributed by atoms with Gasteiger partial charge in [0.2, 0.25) is 5.91 Å². The van der Waals surface area contributed by atoms with Crippen LogP contribution in [0.3, 0.4) is 0 Å². The first-order chi connectivity index (χ1) is 12.3. The fourth-order valence-electron chi connectivity index (χ4n) is 3.41. The van der Waals surface area contributed by atoms with Crippen LogP contribution in [0.5, 0.6) is 0 Å². The standard InChI is InChI=1S/C24H33NO/c1-16(2)22-13-12-17(3)23(15-22)14-18(4)19(5)24(26)25-20(6)21-10-8-7-9-11-21/h7-12,14,18-20,22H,1,13,15H2,2-6H3,(H,25,26)/b23-14-/t18-,19-,20+,22-/m1/s1. The molecule has 1 N–H and O–H groups in total. The van der Waals surface area contributed by atoms with E-state index >= 15 is 0 Å². The summed E-state index contributed by atoms with van der Waals surface area (Å²) < 4.78 is 0. The lowest BCUT2D eigenvalue weighted by atomic mass is 9.80. The molecule has 140 valence electrons. The predicted octanol–water partition coefficient (Wildman–Crippen LogP) is 5.99. The van der Waals surface area contributed by atoms with Gasteiger partial charge in [-0.25, -0.2) is 0 Å². The van der Waals surface area contributed by atoms with Gasteiger partial charge in [0.1, 0.15) is 0 Å². The van der Waals surface area contributed by atoms with Crippen molar-refractivity contribution in [2.75, 3.05) is 0 Å². The number of carbonyl (C=O) groups is 1. The van der Waals surface area contributed by atoms with Crippen molar-refractivity contribution in [1.82, 2.24) is 5.32 Å². The Morgan fingerprint density at radius 2 is 1.88 bits per heavy atom. The van der Waals surface area contributed by atoms with Gasteiger partial charge < -0.3 is 5.32 Å². The minimum absolute atomic E-state index is 0.0233. The zero-order valence-electron chi connectivity index (χ0n) is 16.9. The average Bonchev–Trinajstić information content (AvgIpc) is 2.63. The maximum atomic E-state index is 12.7. The number of amides is 1. The Kier molecular flexibility index (Phi) is 7.02. The van der Waals surface area contributed by atoms with Crippen molar-refractivity contribution in [3.63, 3.8) is 0 Å². The lowest BCUT2D eigenvalue weighted by molar-refractivity contribution is -0.126. The lowest BCUT2D eigenvalue weighted by Gasteiger charge is -2.26. The Balaban J connectivity index is 2.02. The van der Waals surface area contributed by atoms with Crippen LogP contribution in [0.1, 0.15) is 59.1 Å². The van der Waals surface area contributed by atoms with Gasteiger partial charge in [0.25, 0.3) is 0 Å². The number of hydrogen-bond acceptors (Lipinski definition) is 1. The highest BCUT2D eigenvalue weighted by molar-refractivity contribution is 5.79. The molecule has 1 aliphatic rings. The maximum Gasteiger partial charge on any atom is 0.223 e. The van der Waals surface area contributed by atoms with Gasteiger partial charge in [-0.1, -0.05) is 74.1 Å². The quantitative estimate of drug-likeness (QED) is 0.626. The molecule has 2 rings (SSSR count). The summed E-state index contributed by atoms with van der Waals surface area (Å²) in [4.78, 5) is 12.7. The first-order valence-corrected chi connectivity index (χ1v) is 9.68. The van der Waals surface area contributed by atoms with Crippen molar-refractivity contribution in [2.24, 2.45) is 17.8 Å². The summed E-state index contributed by atoms with van der Waals surface area (Å²) in [6.07, 6.45) is 6.72. The summed E-state index contributed by atoms with van der Waals surface area (Å²) in [6, 6.07) is 10.1. The third-order valence-corrected chi connectivity index (χ3v) is 5.70. The number of carbonyl (C=O) groups excluding carboxylic acids is 1. The van der Waals surface area contributed by atoms with E-state index in [0.29, 0.717) is 5.92 Å². The van der Waals surface area contributed by atoms with E-state index in [4.69, 9.17) is 0 Å². The number of rotatable bonds is 6. The van der Waals surface area contributed by atoms with Crippen LogP contribution in [0.4, 0.5) is 0 Å². The van der Waals surface area contributed by atoms with E-state index in [0.717, 1.165) is 18.4 Å². The Bertz CT molecular complexity index is 698. The second kappa shape index (κ2) is 9.02. The van der Waals surface area contributed by atoms with E-state index < -0.39 is 0 Å². The van der Waals surface area contributed by atoms with Crippen molar-refractivity contribution < 1.29 is 4.79 Å². The molecule has 0 fully saturated rings. The Labute approximate surface area is 159 Å². The van der Waals surface area contributed by atoms with Gasteiger partial charge in [-0.05, 0) is 56.6 Å². The van der Waals surface area contributed by atoms with Crippen LogP contribution in [0.15, 0.2) is 65.8 Å². The third kappa shape index (κ3) is 5.20. The molecule has 2 heteroatoms. The van der Waals surface area contributed by atoms with E-state index in [2.05, 4.69) is 57.0 Å². The highest BCUT2D eigenvalue weighted by atomic mass is 16.1. The molecule has 1 aliphatic carbocycles. The number of nitrogens with one attached hydrogen (secondary N) is 1. The van der Waals surface area contributed by atoms with Crippen molar-refractivity contribution >= 4 is 5.91 Å². The van der Waals surface area contributed by atoms with Crippen molar-refractivity contribution in [3.8, 4) is 0 Å². The average molecular weight is 352 g/mol. The Morgan fingerprint density at radius 3 is 2.50 bits per heavy atom. The molecule has 0 saturated heterocycles. The molecule has 0 aromatic heterocycles. The molecule has 2 nitrogen and oxygen atoms in total. The molecule has 26 heavy (non-hydrogen) atoms. The fraction of sp³-hybridized carbons (Fsp3) is 0.458. The Morgan fingerprint density at radius 1 is 1.23 bits per heavy atom. The molecule has 0 bridgehead atoms. The maximum absolute atomic E-state index is 12.7. The molecule has 1 aromatic carbocycles. The highest BCUT2D eigenvalue weighted by Gasteiger charge is 2.23. The first kappa shape index (κ1) is 20.2. The zero-order chi connectivity index (χ0) is 19.3. The smallest absolute Gasteiger partial charge is 0.223 e. The van der Waals surface area contributed by atoms with E-state index in [-0.39, 0.29) is 23.8 Å². The van der Waals surface area contributed by atoms with Crippen molar-refractivity contribution in [1.29, 1.82) is 0 Å². The van der Waals surface area contributed by atoms with E-state index in [1.165, 1.54) is 16.7 Å². The predicted molar refractivity (Wildman–Crippen MR) is 111 cm³/mol. The van der Waals surface area contributed by atoms with Crippen LogP contribution in [0, 0.1) is 17.8 Å². The van der Waals surface area contributed by atoms with E-state index in [9.17, 15) is 4.79 Å². The summed E-state index contributed by atoms with van der Waals surface area (Å²) in [5.74, 6) is 0.769. The molecule has 0 radical (unpaired) electrons. The van der Waals surface area contributed by atoms with Gasteiger partial charge in [0.05, 0.1) is 6.04 Å². The van der Waals surface area contributed by atoms with E-state index in [1.54, 1.807) is 0 Å². The summed E-state index contributed by atoms with van der Waals surface area (Å²) >= 11 is 0. The molecule has 4 atom stereocenters. The first-order valence-electron chi connectivity index (χ1n) is 9.68. The number of allylic oxidation sites excluding steroid dienone is 5. The second-order valence-corrected chi connectivity index (χ2v) is 7.85. The molecule has 1 amide bonds. The third-order valence-electron chi connectivity index (χ3n) is 5.70. The van der Waals surface area contributed by atoms with Gasteiger partial charge in [-0.15, -0.1) is 0 Å². The summed E-state index contributed by atoms with van der Waals surface area (Å²) in [5.41, 5.74) is 5.09. The van der Waals surface area contributed by atoms with Gasteiger partial charge in [-0.3, -0.25) is 4.79 Å². The monoisotopic (exact) mass is 351 g/mol. The van der Waals surface area contributed by atoms with Gasteiger partial charge >= 0.3 is 0 Å². The van der Waals surface area contributed by atoms with Crippen molar-refractivity contribution in [2.45, 2.75) is 53.5 Å². The molecule has 0 heterocycles. The van der Waals surface area contributed by atoms with Crippen molar-refractivity contribution in [3.05, 3.63) is 71.3 Å². The normalized spacial score (nSPS) is 22.3.